The highest BCUT2D eigenvalue weighted by atomic mass is 32.2. The second-order valence-corrected chi connectivity index (χ2v) is 12.8. The molecule has 0 radical (unpaired) electrons. The molecule has 2 aromatic carbocycles. The van der Waals surface area contributed by atoms with Crippen molar-refractivity contribution in [2.45, 2.75) is 36.3 Å². The normalized spacial score (nSPS) is 14.9. The molecule has 0 bridgehead atoms. The van der Waals surface area contributed by atoms with Gasteiger partial charge in [-0.25, -0.2) is 19.8 Å². The van der Waals surface area contributed by atoms with Gasteiger partial charge >= 0.3 is 12.1 Å². The molecule has 9 nitrogen and oxygen atoms in total. The standard InChI is InChI=1S/C34H28F3N5O4S2/c1-5-45-31(44)28-19(2)38-33-42(29(28)21-11-13-22(14-12-21)41(3)4)30(43)25(47-33)17-23-15-16-27(46-23)48-32-39-24(20-9-7-6-8-10-20)18-26(40-32)34(35,36)37/h6-18,29H,5H2,1-4H3/b25-17+/t29-/m1/s1. The maximum absolute atomic E-state index is 13.9. The number of allylic oxidation sites excluding steroid dienone is 1. The number of aromatic nitrogens is 3. The lowest BCUT2D eigenvalue weighted by Gasteiger charge is -2.25. The van der Waals surface area contributed by atoms with E-state index in [4.69, 9.17) is 9.15 Å². The first kappa shape index (κ1) is 33.0. The molecule has 1 atom stereocenters. The van der Waals surface area contributed by atoms with E-state index in [0.29, 0.717) is 21.6 Å². The van der Waals surface area contributed by atoms with Crippen LogP contribution < -0.4 is 19.8 Å². The second-order valence-electron chi connectivity index (χ2n) is 10.8. The van der Waals surface area contributed by atoms with Crippen LogP contribution in [0.1, 0.15) is 36.9 Å². The van der Waals surface area contributed by atoms with Gasteiger partial charge in [0, 0.05) is 31.4 Å². The van der Waals surface area contributed by atoms with Gasteiger partial charge in [-0.1, -0.05) is 53.8 Å². The first-order chi connectivity index (χ1) is 22.9. The number of rotatable bonds is 8. The molecule has 0 fully saturated rings. The fourth-order valence-corrected chi connectivity index (χ4v) is 6.89. The molecule has 0 amide bonds. The first-order valence-electron chi connectivity index (χ1n) is 14.7. The lowest BCUT2D eigenvalue weighted by Crippen LogP contribution is -2.39. The summed E-state index contributed by atoms with van der Waals surface area (Å²) in [5.74, 6) is -0.277. The van der Waals surface area contributed by atoms with Crippen LogP contribution >= 0.6 is 23.1 Å². The second kappa shape index (κ2) is 13.3. The number of hydrogen-bond acceptors (Lipinski definition) is 10. The molecule has 0 aliphatic carbocycles. The highest BCUT2D eigenvalue weighted by Crippen LogP contribution is 2.35. The highest BCUT2D eigenvalue weighted by Gasteiger charge is 2.35. The molecular formula is C34H28F3N5O4S2. The smallest absolute Gasteiger partial charge is 0.433 e. The lowest BCUT2D eigenvalue weighted by atomic mass is 9.95. The molecule has 1 aliphatic rings. The molecule has 6 rings (SSSR count). The molecule has 5 aromatic rings. The Morgan fingerprint density at radius 3 is 2.48 bits per heavy atom. The predicted molar refractivity (Wildman–Crippen MR) is 176 cm³/mol. The van der Waals surface area contributed by atoms with E-state index in [1.165, 1.54) is 10.6 Å². The van der Waals surface area contributed by atoms with Gasteiger partial charge in [0.2, 0.25) is 0 Å². The van der Waals surface area contributed by atoms with Crippen molar-refractivity contribution in [3.05, 3.63) is 121 Å². The van der Waals surface area contributed by atoms with Crippen LogP contribution in [0.25, 0.3) is 17.3 Å². The number of fused-ring (bicyclic) bond motifs is 1. The number of thiazole rings is 1. The summed E-state index contributed by atoms with van der Waals surface area (Å²) in [6.45, 7) is 3.57. The number of nitrogens with zero attached hydrogens (tertiary/aromatic N) is 5. The van der Waals surface area contributed by atoms with E-state index in [-0.39, 0.29) is 38.4 Å². The Morgan fingerprint density at radius 1 is 1.08 bits per heavy atom. The highest BCUT2D eigenvalue weighted by molar-refractivity contribution is 7.99. The summed E-state index contributed by atoms with van der Waals surface area (Å²) >= 11 is 1.96. The van der Waals surface area contributed by atoms with E-state index >= 15 is 0 Å². The van der Waals surface area contributed by atoms with E-state index < -0.39 is 29.4 Å². The molecular weight excluding hydrogens is 664 g/mol. The van der Waals surface area contributed by atoms with Crippen LogP contribution in [-0.2, 0) is 15.7 Å². The van der Waals surface area contributed by atoms with E-state index in [9.17, 15) is 22.8 Å². The zero-order chi connectivity index (χ0) is 34.2. The Bertz CT molecular complexity index is 2210. The molecule has 0 spiro atoms. The number of benzene rings is 2. The zero-order valence-electron chi connectivity index (χ0n) is 26.1. The summed E-state index contributed by atoms with van der Waals surface area (Å²) in [5.41, 5.74) is 1.52. The van der Waals surface area contributed by atoms with Crippen molar-refractivity contribution < 1.29 is 27.1 Å². The monoisotopic (exact) mass is 691 g/mol. The number of esters is 1. The van der Waals surface area contributed by atoms with Gasteiger partial charge in [-0.05, 0) is 61.5 Å². The van der Waals surface area contributed by atoms with Gasteiger partial charge in [-0.15, -0.1) is 0 Å². The van der Waals surface area contributed by atoms with Gasteiger partial charge in [0.05, 0.1) is 34.1 Å². The summed E-state index contributed by atoms with van der Waals surface area (Å²) in [7, 11) is 3.83. The number of carbonyl (C=O) groups is 1. The fraction of sp³-hybridized carbons (Fsp3) is 0.206. The third kappa shape index (κ3) is 6.71. The van der Waals surface area contributed by atoms with Crippen molar-refractivity contribution in [2.24, 2.45) is 4.99 Å². The largest absolute Gasteiger partial charge is 0.463 e. The number of anilines is 1. The van der Waals surface area contributed by atoms with Gasteiger partial charge in [0.25, 0.3) is 5.56 Å². The van der Waals surface area contributed by atoms with Gasteiger partial charge in [0.1, 0.15) is 11.5 Å². The molecule has 14 heteroatoms. The van der Waals surface area contributed by atoms with Crippen LogP contribution in [-0.4, -0.2) is 41.2 Å². The summed E-state index contributed by atoms with van der Waals surface area (Å²) in [5, 5.41) is 0.0814. The number of hydrogen-bond donors (Lipinski definition) is 0. The lowest BCUT2D eigenvalue weighted by molar-refractivity contribution is -0.141. The Hall–Kier alpha value is -4.95. The number of ether oxygens (including phenoxy) is 1. The summed E-state index contributed by atoms with van der Waals surface area (Å²) < 4.78 is 54.1. The van der Waals surface area contributed by atoms with Crippen LogP contribution in [0.4, 0.5) is 18.9 Å². The minimum atomic E-state index is -4.68. The quantitative estimate of drug-likeness (QED) is 0.143. The molecule has 0 unspecified atom stereocenters. The average molecular weight is 692 g/mol. The molecule has 48 heavy (non-hydrogen) atoms. The van der Waals surface area contributed by atoms with Crippen molar-refractivity contribution in [1.82, 2.24) is 14.5 Å². The van der Waals surface area contributed by atoms with Gasteiger partial charge in [-0.3, -0.25) is 9.36 Å². The van der Waals surface area contributed by atoms with E-state index in [0.717, 1.165) is 34.9 Å². The van der Waals surface area contributed by atoms with Crippen molar-refractivity contribution in [1.29, 1.82) is 0 Å². The van der Waals surface area contributed by atoms with Crippen LogP contribution in [0.5, 0.6) is 0 Å². The Labute approximate surface area is 280 Å². The zero-order valence-corrected chi connectivity index (χ0v) is 27.7. The van der Waals surface area contributed by atoms with Crippen molar-refractivity contribution in [3.8, 4) is 11.3 Å². The summed E-state index contributed by atoms with van der Waals surface area (Å²) in [6, 6.07) is 19.3. The SMILES string of the molecule is CCOC(=O)C1=C(C)N=c2s/c(=C/c3ccc(Sc4nc(-c5ccccc5)cc(C(F)(F)F)n4)o3)c(=O)n2[C@@H]1c1ccc(N(C)C)cc1. The molecule has 0 saturated heterocycles. The minimum absolute atomic E-state index is 0.122. The Balaban J connectivity index is 1.37. The Kier molecular flexibility index (Phi) is 9.12. The summed E-state index contributed by atoms with van der Waals surface area (Å²) in [4.78, 5) is 42.1. The van der Waals surface area contributed by atoms with E-state index in [1.54, 1.807) is 56.3 Å². The van der Waals surface area contributed by atoms with E-state index in [1.807, 2.05) is 43.3 Å². The molecule has 246 valence electrons. The van der Waals surface area contributed by atoms with Gasteiger partial charge in [0.15, 0.2) is 15.1 Å². The topological polar surface area (TPSA) is 103 Å². The van der Waals surface area contributed by atoms with Crippen LogP contribution in [0, 0.1) is 0 Å². The maximum Gasteiger partial charge on any atom is 0.433 e. The average Bonchev–Trinajstić information content (AvgIpc) is 3.62. The number of carbonyl (C=O) groups excluding carboxylic acids is 1. The minimum Gasteiger partial charge on any atom is -0.463 e. The van der Waals surface area contributed by atoms with Crippen LogP contribution in [0.2, 0.25) is 0 Å². The molecule has 0 N–H and O–H groups in total. The van der Waals surface area contributed by atoms with Crippen LogP contribution in [0.15, 0.2) is 109 Å². The maximum atomic E-state index is 13.9. The summed E-state index contributed by atoms with van der Waals surface area (Å²) in [6.07, 6.45) is -3.14. The molecule has 3 aromatic heterocycles. The fourth-order valence-electron chi connectivity index (χ4n) is 5.12. The van der Waals surface area contributed by atoms with Gasteiger partial charge < -0.3 is 14.1 Å². The number of halogens is 3. The van der Waals surface area contributed by atoms with Gasteiger partial charge in [-0.2, -0.15) is 13.2 Å². The number of alkyl halides is 3. The Morgan fingerprint density at radius 2 is 1.81 bits per heavy atom. The molecule has 4 heterocycles. The molecule has 1 aliphatic heterocycles. The third-order valence-corrected chi connectivity index (χ3v) is 9.14. The van der Waals surface area contributed by atoms with Crippen molar-refractivity contribution in [2.75, 3.05) is 25.6 Å². The third-order valence-electron chi connectivity index (χ3n) is 7.38. The van der Waals surface area contributed by atoms with Crippen molar-refractivity contribution in [3.63, 3.8) is 0 Å². The van der Waals surface area contributed by atoms with E-state index in [2.05, 4.69) is 15.0 Å². The predicted octanol–water partition coefficient (Wildman–Crippen LogP) is 6.08. The first-order valence-corrected chi connectivity index (χ1v) is 16.3. The molecule has 0 saturated carbocycles. The van der Waals surface area contributed by atoms with Crippen LogP contribution in [0.3, 0.4) is 0 Å². The van der Waals surface area contributed by atoms with Crippen molar-refractivity contribution >= 4 is 40.8 Å². The number of furan rings is 1.